The number of carbonyl (C=O) groups is 1. The van der Waals surface area contributed by atoms with Gasteiger partial charge in [0.05, 0.1) is 5.69 Å². The van der Waals surface area contributed by atoms with Gasteiger partial charge in [-0.15, -0.1) is 0 Å². The lowest BCUT2D eigenvalue weighted by Gasteiger charge is -2.25. The second kappa shape index (κ2) is 5.95. The topological polar surface area (TPSA) is 50.2 Å². The molecule has 0 radical (unpaired) electrons. The molecule has 2 rings (SSSR count). The molecule has 0 spiro atoms. The maximum Gasteiger partial charge on any atom is 0.222 e. The fourth-order valence-electron chi connectivity index (χ4n) is 3.21. The molecule has 1 aliphatic heterocycles. The van der Waals surface area contributed by atoms with Gasteiger partial charge in [0.2, 0.25) is 5.91 Å². The highest BCUT2D eigenvalue weighted by Gasteiger charge is 2.23. The van der Waals surface area contributed by atoms with Crippen molar-refractivity contribution < 1.29 is 4.79 Å². The molecule has 1 fully saturated rings. The fraction of sp³-hybridized carbons (Fsp3) is 0.733. The van der Waals surface area contributed by atoms with Crippen LogP contribution >= 0.6 is 0 Å². The van der Waals surface area contributed by atoms with Crippen LogP contribution in [0.15, 0.2) is 0 Å². The van der Waals surface area contributed by atoms with Crippen LogP contribution in [0.2, 0.25) is 0 Å². The standard InChI is InChI=1S/C15H26N4O/c1-10(9-19-8-6-7-14(19)20)16-11(2)15-12(3)17-18(5)13(15)4/h10-11,16H,6-9H2,1-5H3. The minimum atomic E-state index is 0.247. The molecule has 1 saturated heterocycles. The Morgan fingerprint density at radius 2 is 2.05 bits per heavy atom. The maximum atomic E-state index is 11.7. The first-order valence-electron chi connectivity index (χ1n) is 7.44. The first kappa shape index (κ1) is 15.0. The Labute approximate surface area is 121 Å². The van der Waals surface area contributed by atoms with Crippen LogP contribution in [0.5, 0.6) is 0 Å². The van der Waals surface area contributed by atoms with Gasteiger partial charge in [-0.05, 0) is 34.1 Å². The van der Waals surface area contributed by atoms with Crippen molar-refractivity contribution in [1.82, 2.24) is 20.0 Å². The van der Waals surface area contributed by atoms with Gasteiger partial charge in [0.15, 0.2) is 0 Å². The van der Waals surface area contributed by atoms with Crippen molar-refractivity contribution in [3.8, 4) is 0 Å². The van der Waals surface area contributed by atoms with Gasteiger partial charge in [-0.2, -0.15) is 5.10 Å². The molecule has 112 valence electrons. The Balaban J connectivity index is 1.96. The smallest absolute Gasteiger partial charge is 0.222 e. The summed E-state index contributed by atoms with van der Waals surface area (Å²) in [6.07, 6.45) is 1.71. The van der Waals surface area contributed by atoms with Crippen molar-refractivity contribution in [3.63, 3.8) is 0 Å². The number of carbonyl (C=O) groups excluding carboxylic acids is 1. The fourth-order valence-corrected chi connectivity index (χ4v) is 3.21. The molecule has 2 heterocycles. The van der Waals surface area contributed by atoms with E-state index in [-0.39, 0.29) is 12.1 Å². The molecule has 0 bridgehead atoms. The summed E-state index contributed by atoms with van der Waals surface area (Å²) in [5, 5.41) is 8.06. The van der Waals surface area contributed by atoms with Crippen LogP contribution in [0.3, 0.4) is 0 Å². The first-order valence-corrected chi connectivity index (χ1v) is 7.44. The van der Waals surface area contributed by atoms with Crippen molar-refractivity contribution >= 4 is 5.91 Å². The number of amides is 1. The number of aromatic nitrogens is 2. The molecule has 1 amide bonds. The lowest BCUT2D eigenvalue weighted by molar-refractivity contribution is -0.127. The van der Waals surface area contributed by atoms with Crippen LogP contribution in [0.25, 0.3) is 0 Å². The van der Waals surface area contributed by atoms with Gasteiger partial charge in [-0.3, -0.25) is 9.48 Å². The summed E-state index contributed by atoms with van der Waals surface area (Å²) < 4.78 is 1.93. The van der Waals surface area contributed by atoms with E-state index in [2.05, 4.69) is 38.1 Å². The summed E-state index contributed by atoms with van der Waals surface area (Å²) in [6, 6.07) is 0.530. The first-order chi connectivity index (χ1) is 9.40. The molecule has 1 aliphatic rings. The number of hydrogen-bond donors (Lipinski definition) is 1. The molecule has 0 aliphatic carbocycles. The Bertz CT molecular complexity index is 494. The summed E-state index contributed by atoms with van der Waals surface area (Å²) in [6.45, 7) is 10.2. The zero-order chi connectivity index (χ0) is 14.9. The predicted molar refractivity (Wildman–Crippen MR) is 79.5 cm³/mol. The lowest BCUT2D eigenvalue weighted by atomic mass is 10.1. The van der Waals surface area contributed by atoms with Crippen LogP contribution in [-0.4, -0.2) is 39.7 Å². The number of likely N-dealkylation sites (tertiary alicyclic amines) is 1. The molecule has 1 N–H and O–H groups in total. The third kappa shape index (κ3) is 3.03. The SMILES string of the molecule is Cc1nn(C)c(C)c1C(C)NC(C)CN1CCCC1=O. The molecule has 5 nitrogen and oxygen atoms in total. The van der Waals surface area contributed by atoms with Gasteiger partial charge in [0.25, 0.3) is 0 Å². The van der Waals surface area contributed by atoms with Gasteiger partial charge in [-0.25, -0.2) is 0 Å². The molecule has 2 unspecified atom stereocenters. The Morgan fingerprint density at radius 1 is 1.35 bits per heavy atom. The van der Waals surface area contributed by atoms with Crippen molar-refractivity contribution in [1.29, 1.82) is 0 Å². The summed E-state index contributed by atoms with van der Waals surface area (Å²) in [4.78, 5) is 13.6. The van der Waals surface area contributed by atoms with Crippen molar-refractivity contribution in [2.24, 2.45) is 7.05 Å². The van der Waals surface area contributed by atoms with E-state index in [1.54, 1.807) is 0 Å². The second-order valence-electron chi connectivity index (χ2n) is 5.94. The molecular formula is C15H26N4O. The van der Waals surface area contributed by atoms with E-state index >= 15 is 0 Å². The Kier molecular flexibility index (Phi) is 4.48. The molecule has 2 atom stereocenters. The van der Waals surface area contributed by atoms with E-state index in [1.807, 2.05) is 16.6 Å². The highest BCUT2D eigenvalue weighted by atomic mass is 16.2. The van der Waals surface area contributed by atoms with E-state index in [0.717, 1.165) is 25.2 Å². The summed E-state index contributed by atoms with van der Waals surface area (Å²) >= 11 is 0. The van der Waals surface area contributed by atoms with Crippen molar-refractivity contribution in [2.75, 3.05) is 13.1 Å². The van der Waals surface area contributed by atoms with E-state index < -0.39 is 0 Å². The Morgan fingerprint density at radius 3 is 2.55 bits per heavy atom. The quantitative estimate of drug-likeness (QED) is 0.892. The van der Waals surface area contributed by atoms with Crippen LogP contribution in [0.4, 0.5) is 0 Å². The van der Waals surface area contributed by atoms with Crippen LogP contribution in [-0.2, 0) is 11.8 Å². The monoisotopic (exact) mass is 278 g/mol. The highest BCUT2D eigenvalue weighted by molar-refractivity contribution is 5.78. The summed E-state index contributed by atoms with van der Waals surface area (Å²) in [5.74, 6) is 0.292. The minimum Gasteiger partial charge on any atom is -0.341 e. The molecule has 5 heteroatoms. The van der Waals surface area contributed by atoms with Crippen LogP contribution < -0.4 is 5.32 Å². The zero-order valence-electron chi connectivity index (χ0n) is 13.2. The lowest BCUT2D eigenvalue weighted by Crippen LogP contribution is -2.40. The normalized spacial score (nSPS) is 18.6. The molecule has 1 aromatic rings. The number of nitrogens with one attached hydrogen (secondary N) is 1. The molecule has 20 heavy (non-hydrogen) atoms. The van der Waals surface area contributed by atoms with Crippen molar-refractivity contribution in [3.05, 3.63) is 17.0 Å². The van der Waals surface area contributed by atoms with Gasteiger partial charge in [-0.1, -0.05) is 0 Å². The van der Waals surface area contributed by atoms with E-state index in [0.29, 0.717) is 12.3 Å². The summed E-state index contributed by atoms with van der Waals surface area (Å²) in [5.41, 5.74) is 3.55. The predicted octanol–water partition coefficient (Wildman–Crippen LogP) is 1.70. The largest absolute Gasteiger partial charge is 0.341 e. The average molecular weight is 278 g/mol. The number of aryl methyl sites for hydroxylation is 2. The average Bonchev–Trinajstić information content (AvgIpc) is 2.84. The van der Waals surface area contributed by atoms with E-state index in [1.165, 1.54) is 11.3 Å². The maximum absolute atomic E-state index is 11.7. The number of rotatable bonds is 5. The highest BCUT2D eigenvalue weighted by Crippen LogP contribution is 2.21. The van der Waals surface area contributed by atoms with Gasteiger partial charge >= 0.3 is 0 Å². The third-order valence-corrected chi connectivity index (χ3v) is 4.20. The van der Waals surface area contributed by atoms with E-state index in [9.17, 15) is 4.79 Å². The summed E-state index contributed by atoms with van der Waals surface area (Å²) in [7, 11) is 1.98. The molecule has 0 saturated carbocycles. The van der Waals surface area contributed by atoms with Crippen LogP contribution in [0, 0.1) is 13.8 Å². The number of nitrogens with zero attached hydrogens (tertiary/aromatic N) is 3. The van der Waals surface area contributed by atoms with Gasteiger partial charge < -0.3 is 10.2 Å². The molecular weight excluding hydrogens is 252 g/mol. The van der Waals surface area contributed by atoms with Crippen LogP contribution in [0.1, 0.15) is 49.7 Å². The minimum absolute atomic E-state index is 0.247. The van der Waals surface area contributed by atoms with E-state index in [4.69, 9.17) is 0 Å². The number of hydrogen-bond acceptors (Lipinski definition) is 3. The Hall–Kier alpha value is -1.36. The molecule has 0 aromatic carbocycles. The van der Waals surface area contributed by atoms with Gasteiger partial charge in [0.1, 0.15) is 0 Å². The van der Waals surface area contributed by atoms with Gasteiger partial charge in [0, 0.05) is 49.9 Å². The van der Waals surface area contributed by atoms with Crippen molar-refractivity contribution in [2.45, 2.75) is 52.6 Å². The zero-order valence-corrected chi connectivity index (χ0v) is 13.2. The third-order valence-electron chi connectivity index (χ3n) is 4.20. The second-order valence-corrected chi connectivity index (χ2v) is 5.94. The molecule has 1 aromatic heterocycles.